The van der Waals surface area contributed by atoms with Gasteiger partial charge in [0.25, 0.3) is 11.6 Å². The van der Waals surface area contributed by atoms with Gasteiger partial charge in [-0.1, -0.05) is 48.8 Å². The summed E-state index contributed by atoms with van der Waals surface area (Å²) < 4.78 is 0. The smallest absolute Gasteiger partial charge is 0.269 e. The highest BCUT2D eigenvalue weighted by Gasteiger charge is 2.24. The van der Waals surface area contributed by atoms with Crippen LogP contribution in [0.2, 0.25) is 10.0 Å². The van der Waals surface area contributed by atoms with Crippen molar-refractivity contribution in [2.24, 2.45) is 5.92 Å². The van der Waals surface area contributed by atoms with Crippen LogP contribution in [-0.4, -0.2) is 37.7 Å². The lowest BCUT2D eigenvalue weighted by Crippen LogP contribution is -2.32. The number of nitro benzene ring substituents is 1. The maximum Gasteiger partial charge on any atom is 0.269 e. The van der Waals surface area contributed by atoms with E-state index in [4.69, 9.17) is 23.2 Å². The van der Waals surface area contributed by atoms with E-state index in [2.05, 4.69) is 25.8 Å². The largest absolute Gasteiger partial charge is 0.342 e. The number of nitrogens with one attached hydrogen (secondary N) is 3. The molecule has 0 spiro atoms. The van der Waals surface area contributed by atoms with Crippen LogP contribution in [0.5, 0.6) is 0 Å². The molecule has 10 nitrogen and oxygen atoms in total. The van der Waals surface area contributed by atoms with E-state index in [1.807, 2.05) is 13.8 Å². The van der Waals surface area contributed by atoms with Gasteiger partial charge in [0, 0.05) is 22.8 Å². The van der Waals surface area contributed by atoms with Gasteiger partial charge in [-0.05, 0) is 36.2 Å². The number of H-pyrrole nitrogens is 1. The second-order valence-corrected chi connectivity index (χ2v) is 9.25. The van der Waals surface area contributed by atoms with Crippen molar-refractivity contribution < 1.29 is 14.5 Å². The van der Waals surface area contributed by atoms with Gasteiger partial charge in [-0.15, -0.1) is 5.10 Å². The lowest BCUT2D eigenvalue weighted by Gasteiger charge is -2.20. The third kappa shape index (κ3) is 6.69. The van der Waals surface area contributed by atoms with Gasteiger partial charge in [0.2, 0.25) is 11.1 Å². The van der Waals surface area contributed by atoms with E-state index in [9.17, 15) is 19.7 Å². The summed E-state index contributed by atoms with van der Waals surface area (Å²) in [6.45, 7) is 3.84. The van der Waals surface area contributed by atoms with Crippen molar-refractivity contribution in [1.82, 2.24) is 20.5 Å². The standard InChI is InChI=1S/C21H20Cl2N6O4S/c1-11(2)18(25-20(31)15-8-3-12(22)9-16(15)23)19-26-21(28-27-19)34-10-17(30)24-13-4-6-14(7-5-13)29(32)33/h3-9,11,18H,10H2,1-2H3,(H,24,30)(H,25,31)(H,26,27,28)/t18-/m1/s1. The van der Waals surface area contributed by atoms with Crippen LogP contribution in [0.3, 0.4) is 0 Å². The van der Waals surface area contributed by atoms with Gasteiger partial charge in [0.15, 0.2) is 0 Å². The predicted octanol–water partition coefficient (Wildman–Crippen LogP) is 4.88. The van der Waals surface area contributed by atoms with Gasteiger partial charge in [0.1, 0.15) is 5.82 Å². The van der Waals surface area contributed by atoms with Gasteiger partial charge >= 0.3 is 0 Å². The normalized spacial score (nSPS) is 11.8. The number of anilines is 1. The molecule has 0 aliphatic carbocycles. The summed E-state index contributed by atoms with van der Waals surface area (Å²) in [7, 11) is 0. The maximum atomic E-state index is 12.7. The Morgan fingerprint density at radius 3 is 2.50 bits per heavy atom. The molecule has 3 aromatic rings. The fourth-order valence-corrected chi connectivity index (χ4v) is 4.00. The quantitative estimate of drug-likeness (QED) is 0.206. The fourth-order valence-electron chi connectivity index (χ4n) is 2.90. The summed E-state index contributed by atoms with van der Waals surface area (Å²) in [6.07, 6.45) is 0. The number of halogens is 2. The Morgan fingerprint density at radius 2 is 1.88 bits per heavy atom. The van der Waals surface area contributed by atoms with Gasteiger partial charge in [-0.25, -0.2) is 4.98 Å². The molecule has 178 valence electrons. The number of nitro groups is 1. The number of aromatic amines is 1. The number of rotatable bonds is 9. The topological polar surface area (TPSA) is 143 Å². The Labute approximate surface area is 209 Å². The summed E-state index contributed by atoms with van der Waals surface area (Å²) in [5.74, 6) is -0.268. The third-order valence-corrected chi connectivity index (χ3v) is 6.00. The van der Waals surface area contributed by atoms with Gasteiger partial charge in [-0.2, -0.15) is 0 Å². The van der Waals surface area contributed by atoms with E-state index in [1.54, 1.807) is 12.1 Å². The van der Waals surface area contributed by atoms with Gasteiger partial charge in [-0.3, -0.25) is 24.8 Å². The van der Waals surface area contributed by atoms with Crippen molar-refractivity contribution >= 4 is 58.2 Å². The molecule has 13 heteroatoms. The molecule has 1 aromatic heterocycles. The highest BCUT2D eigenvalue weighted by Crippen LogP contribution is 2.25. The zero-order valence-electron chi connectivity index (χ0n) is 18.0. The molecule has 0 aliphatic rings. The van der Waals surface area contributed by atoms with Crippen LogP contribution in [0.1, 0.15) is 36.1 Å². The average Bonchev–Trinajstić information content (AvgIpc) is 3.24. The van der Waals surface area contributed by atoms with Crippen molar-refractivity contribution in [2.45, 2.75) is 25.0 Å². The number of amides is 2. The number of nitrogens with zero attached hydrogens (tertiary/aromatic N) is 3. The Morgan fingerprint density at radius 1 is 1.18 bits per heavy atom. The maximum absolute atomic E-state index is 12.7. The zero-order valence-corrected chi connectivity index (χ0v) is 20.4. The molecule has 1 atom stereocenters. The molecule has 0 radical (unpaired) electrons. The number of aromatic nitrogens is 3. The summed E-state index contributed by atoms with van der Waals surface area (Å²) in [5.41, 5.74) is 0.662. The fraction of sp³-hybridized carbons (Fsp3) is 0.238. The number of benzene rings is 2. The van der Waals surface area contributed by atoms with Crippen LogP contribution in [0.4, 0.5) is 11.4 Å². The van der Waals surface area contributed by atoms with E-state index >= 15 is 0 Å². The number of hydrogen-bond acceptors (Lipinski definition) is 7. The Bertz CT molecular complexity index is 1200. The number of non-ortho nitro benzene ring substituents is 1. The van der Waals surface area contributed by atoms with E-state index in [0.717, 1.165) is 11.8 Å². The van der Waals surface area contributed by atoms with Crippen LogP contribution >= 0.6 is 35.0 Å². The Hall–Kier alpha value is -3.15. The third-order valence-electron chi connectivity index (χ3n) is 4.60. The van der Waals surface area contributed by atoms with E-state index in [0.29, 0.717) is 21.7 Å². The van der Waals surface area contributed by atoms with Crippen LogP contribution in [-0.2, 0) is 4.79 Å². The summed E-state index contributed by atoms with van der Waals surface area (Å²) >= 11 is 13.1. The molecular weight excluding hydrogens is 503 g/mol. The lowest BCUT2D eigenvalue weighted by atomic mass is 10.0. The SMILES string of the molecule is CC(C)[C@@H](NC(=O)c1ccc(Cl)cc1Cl)c1nc(SCC(=O)Nc2ccc([N+](=O)[O-])cc2)n[nH]1. The highest BCUT2D eigenvalue weighted by molar-refractivity contribution is 7.99. The molecule has 0 saturated carbocycles. The van der Waals surface area contributed by atoms with Gasteiger partial charge < -0.3 is 10.6 Å². The minimum Gasteiger partial charge on any atom is -0.342 e. The Balaban J connectivity index is 1.60. The molecular formula is C21H20Cl2N6O4S. The molecule has 0 unspecified atom stereocenters. The number of carbonyl (C=O) groups excluding carboxylic acids is 2. The van der Waals surface area contributed by atoms with E-state index < -0.39 is 11.0 Å². The van der Waals surface area contributed by atoms with Crippen molar-refractivity contribution in [2.75, 3.05) is 11.1 Å². The molecule has 0 fully saturated rings. The molecule has 34 heavy (non-hydrogen) atoms. The second kappa shape index (κ2) is 11.3. The molecule has 2 aromatic carbocycles. The van der Waals surface area contributed by atoms with Crippen LogP contribution in [0, 0.1) is 16.0 Å². The van der Waals surface area contributed by atoms with E-state index in [-0.39, 0.29) is 39.8 Å². The van der Waals surface area contributed by atoms with Crippen molar-refractivity contribution in [3.63, 3.8) is 0 Å². The lowest BCUT2D eigenvalue weighted by molar-refractivity contribution is -0.384. The van der Waals surface area contributed by atoms with E-state index in [1.165, 1.54) is 30.3 Å². The Kier molecular flexibility index (Phi) is 8.48. The summed E-state index contributed by atoms with van der Waals surface area (Å²) in [5, 5.41) is 24.2. The molecule has 2 amide bonds. The molecule has 0 saturated heterocycles. The summed E-state index contributed by atoms with van der Waals surface area (Å²) in [6, 6.07) is 9.66. The molecule has 0 bridgehead atoms. The first-order chi connectivity index (χ1) is 16.1. The zero-order chi connectivity index (χ0) is 24.8. The highest BCUT2D eigenvalue weighted by atomic mass is 35.5. The first-order valence-corrected chi connectivity index (χ1v) is 11.7. The minimum atomic E-state index is -0.515. The van der Waals surface area contributed by atoms with Gasteiger partial charge in [0.05, 0.1) is 27.3 Å². The van der Waals surface area contributed by atoms with Crippen LogP contribution in [0.15, 0.2) is 47.6 Å². The second-order valence-electron chi connectivity index (χ2n) is 7.46. The van der Waals surface area contributed by atoms with Crippen molar-refractivity contribution in [3.05, 3.63) is 74.0 Å². The number of thioether (sulfide) groups is 1. The molecule has 0 aliphatic heterocycles. The van der Waals surface area contributed by atoms with Crippen LogP contribution in [0.25, 0.3) is 0 Å². The average molecular weight is 523 g/mol. The first kappa shape index (κ1) is 25.5. The summed E-state index contributed by atoms with van der Waals surface area (Å²) in [4.78, 5) is 39.5. The number of carbonyl (C=O) groups is 2. The molecule has 3 N–H and O–H groups in total. The van der Waals surface area contributed by atoms with Crippen LogP contribution < -0.4 is 10.6 Å². The molecule has 1 heterocycles. The predicted molar refractivity (Wildman–Crippen MR) is 130 cm³/mol. The first-order valence-electron chi connectivity index (χ1n) is 9.99. The monoisotopic (exact) mass is 522 g/mol. The molecule has 3 rings (SSSR count). The van der Waals surface area contributed by atoms with Crippen molar-refractivity contribution in [3.8, 4) is 0 Å². The minimum absolute atomic E-state index is 0.0212. The van der Waals surface area contributed by atoms with Crippen molar-refractivity contribution in [1.29, 1.82) is 0 Å². The number of hydrogen-bond donors (Lipinski definition) is 3.